The zero-order valence-electron chi connectivity index (χ0n) is 24.3. The Morgan fingerprint density at radius 3 is 2.48 bits per heavy atom. The van der Waals surface area contributed by atoms with Gasteiger partial charge in [-0.05, 0) is 55.8 Å². The highest BCUT2D eigenvalue weighted by atomic mass is 32.2. The highest BCUT2D eigenvalue weighted by Gasteiger charge is 2.27. The van der Waals surface area contributed by atoms with Gasteiger partial charge in [0.1, 0.15) is 12.0 Å². The molecule has 0 radical (unpaired) electrons. The molecule has 1 aromatic heterocycles. The van der Waals surface area contributed by atoms with Crippen molar-refractivity contribution in [1.29, 1.82) is 0 Å². The number of halogens is 3. The van der Waals surface area contributed by atoms with Gasteiger partial charge in [0, 0.05) is 37.2 Å². The summed E-state index contributed by atoms with van der Waals surface area (Å²) in [4.78, 5) is 22.6. The number of aliphatic imine (C=N–C) groups is 2. The van der Waals surface area contributed by atoms with Crippen LogP contribution in [0.5, 0.6) is 0 Å². The van der Waals surface area contributed by atoms with Gasteiger partial charge in [0.15, 0.2) is 11.6 Å². The van der Waals surface area contributed by atoms with Crippen LogP contribution in [0.25, 0.3) is 11.1 Å². The SMILES string of the molecule is C=N/C(=N\c1c(C)cc(-c2ccc(NS(=O)(=O)Cc3ccccc3)c(F)c2F)c(=O)n1C1CCCC1)N[C@@H]1CNC[C@@H](F)C1. The fourth-order valence-corrected chi connectivity index (χ4v) is 7.02. The topological polar surface area (TPSA) is 117 Å². The summed E-state index contributed by atoms with van der Waals surface area (Å²) in [7, 11) is -4.05. The molecule has 2 aromatic carbocycles. The average molecular weight is 629 g/mol. The number of aromatic nitrogens is 1. The van der Waals surface area contributed by atoms with Crippen LogP contribution < -0.4 is 20.9 Å². The van der Waals surface area contributed by atoms with Crippen molar-refractivity contribution in [2.45, 2.75) is 63.0 Å². The highest BCUT2D eigenvalue weighted by Crippen LogP contribution is 2.36. The van der Waals surface area contributed by atoms with Crippen LogP contribution in [0.4, 0.5) is 24.7 Å². The van der Waals surface area contributed by atoms with Crippen molar-refractivity contribution in [3.63, 3.8) is 0 Å². The van der Waals surface area contributed by atoms with Gasteiger partial charge in [0.05, 0.1) is 17.0 Å². The Morgan fingerprint density at radius 1 is 1.07 bits per heavy atom. The summed E-state index contributed by atoms with van der Waals surface area (Å²) < 4.78 is 73.8. The molecule has 5 rings (SSSR count). The standard InChI is InChI=1S/C31H35F3N6O3S/c1-19-14-25(24-12-13-26(28(34)27(24)33)39-44(42,43)18-20-8-4-3-5-9-20)30(41)40(23-10-6-7-11-23)29(19)38-31(35-2)37-22-15-21(32)16-36-17-22/h3-5,8-9,12-14,21-23,36,39H,2,6-7,10-11,15-18H2,1H3,(H,37,38)/t21-,22-/m0/s1. The fourth-order valence-electron chi connectivity index (χ4n) is 5.82. The van der Waals surface area contributed by atoms with Crippen molar-refractivity contribution in [2.24, 2.45) is 9.98 Å². The van der Waals surface area contributed by atoms with Crippen molar-refractivity contribution >= 4 is 34.2 Å². The van der Waals surface area contributed by atoms with E-state index in [9.17, 15) is 17.6 Å². The molecule has 1 aliphatic heterocycles. The molecule has 1 saturated heterocycles. The molecule has 2 heterocycles. The van der Waals surface area contributed by atoms with Crippen molar-refractivity contribution in [1.82, 2.24) is 15.2 Å². The lowest BCUT2D eigenvalue weighted by Gasteiger charge is -2.27. The summed E-state index contributed by atoms with van der Waals surface area (Å²) in [5, 5.41) is 6.09. The second-order valence-electron chi connectivity index (χ2n) is 11.2. The molecular formula is C31H35F3N6O3S. The Bertz CT molecular complexity index is 1720. The maximum Gasteiger partial charge on any atom is 0.260 e. The number of alkyl halides is 1. The summed E-state index contributed by atoms with van der Waals surface area (Å²) in [5.41, 5.74) is -0.518. The number of hydrogen-bond donors (Lipinski definition) is 3. The molecule has 44 heavy (non-hydrogen) atoms. The van der Waals surface area contributed by atoms with Gasteiger partial charge in [-0.25, -0.2) is 26.6 Å². The van der Waals surface area contributed by atoms with Crippen LogP contribution in [0.2, 0.25) is 0 Å². The van der Waals surface area contributed by atoms with E-state index < -0.39 is 44.8 Å². The van der Waals surface area contributed by atoms with E-state index in [4.69, 9.17) is 0 Å². The van der Waals surface area contributed by atoms with E-state index in [1.165, 1.54) is 16.7 Å². The van der Waals surface area contributed by atoms with E-state index in [1.807, 2.05) is 0 Å². The van der Waals surface area contributed by atoms with E-state index >= 15 is 8.78 Å². The zero-order valence-corrected chi connectivity index (χ0v) is 25.1. The second-order valence-corrected chi connectivity index (χ2v) is 13.0. The van der Waals surface area contributed by atoms with Crippen molar-refractivity contribution in [3.05, 3.63) is 81.6 Å². The monoisotopic (exact) mass is 628 g/mol. The lowest BCUT2D eigenvalue weighted by Crippen LogP contribution is -2.49. The molecular weight excluding hydrogens is 593 g/mol. The Kier molecular flexibility index (Phi) is 9.54. The summed E-state index contributed by atoms with van der Waals surface area (Å²) in [5.74, 6) is -2.77. The third-order valence-electron chi connectivity index (χ3n) is 7.91. The molecule has 2 fully saturated rings. The van der Waals surface area contributed by atoms with Crippen LogP contribution in [-0.2, 0) is 15.8 Å². The van der Waals surface area contributed by atoms with Gasteiger partial charge in [-0.15, -0.1) is 0 Å². The van der Waals surface area contributed by atoms with Crippen molar-refractivity contribution < 1.29 is 21.6 Å². The molecule has 1 saturated carbocycles. The molecule has 1 aliphatic carbocycles. The van der Waals surface area contributed by atoms with E-state index in [0.717, 1.165) is 18.9 Å². The van der Waals surface area contributed by atoms with Crippen molar-refractivity contribution in [3.8, 4) is 11.1 Å². The smallest absolute Gasteiger partial charge is 0.260 e. The van der Waals surface area contributed by atoms with Gasteiger partial charge < -0.3 is 10.6 Å². The summed E-state index contributed by atoms with van der Waals surface area (Å²) in [6, 6.07) is 11.5. The summed E-state index contributed by atoms with van der Waals surface area (Å²) in [6.07, 6.45) is 2.42. The molecule has 0 amide bonds. The molecule has 0 unspecified atom stereocenters. The Labute approximate surface area is 254 Å². The number of aryl methyl sites for hydroxylation is 1. The summed E-state index contributed by atoms with van der Waals surface area (Å²) >= 11 is 0. The first-order chi connectivity index (χ1) is 21.1. The normalized spacial score (nSPS) is 19.6. The lowest BCUT2D eigenvalue weighted by molar-refractivity contribution is 0.239. The molecule has 0 bridgehead atoms. The number of pyridine rings is 1. The number of piperidine rings is 1. The van der Waals surface area contributed by atoms with Gasteiger partial charge in [-0.2, -0.15) is 4.99 Å². The minimum atomic E-state index is -4.05. The van der Waals surface area contributed by atoms with Crippen LogP contribution in [0.1, 0.15) is 49.3 Å². The Morgan fingerprint density at radius 2 is 1.80 bits per heavy atom. The second kappa shape index (κ2) is 13.3. The quantitative estimate of drug-likeness (QED) is 0.236. The molecule has 13 heteroatoms. The number of benzene rings is 2. The van der Waals surface area contributed by atoms with Crippen LogP contribution in [0, 0.1) is 18.6 Å². The maximum absolute atomic E-state index is 15.6. The van der Waals surface area contributed by atoms with E-state index in [1.54, 1.807) is 37.3 Å². The lowest BCUT2D eigenvalue weighted by atomic mass is 10.0. The summed E-state index contributed by atoms with van der Waals surface area (Å²) in [6.45, 7) is 6.06. The van der Waals surface area contributed by atoms with Crippen LogP contribution >= 0.6 is 0 Å². The number of sulfonamides is 1. The predicted octanol–water partition coefficient (Wildman–Crippen LogP) is 5.14. The Balaban J connectivity index is 1.51. The average Bonchev–Trinajstić information content (AvgIpc) is 3.52. The van der Waals surface area contributed by atoms with Gasteiger partial charge in [-0.1, -0.05) is 43.2 Å². The molecule has 0 spiro atoms. The number of hydrogen-bond acceptors (Lipinski definition) is 5. The minimum Gasteiger partial charge on any atom is -0.350 e. The zero-order chi connectivity index (χ0) is 31.4. The first-order valence-electron chi connectivity index (χ1n) is 14.5. The molecule has 3 N–H and O–H groups in total. The predicted molar refractivity (Wildman–Crippen MR) is 167 cm³/mol. The van der Waals surface area contributed by atoms with E-state index in [0.29, 0.717) is 36.3 Å². The fraction of sp³-hybridized carbons (Fsp3) is 0.387. The van der Waals surface area contributed by atoms with Gasteiger partial charge >= 0.3 is 0 Å². The first kappa shape index (κ1) is 31.5. The van der Waals surface area contributed by atoms with Gasteiger partial charge in [-0.3, -0.25) is 14.1 Å². The molecule has 2 atom stereocenters. The largest absolute Gasteiger partial charge is 0.350 e. The number of anilines is 1. The van der Waals surface area contributed by atoms with Crippen LogP contribution in [0.15, 0.2) is 63.3 Å². The van der Waals surface area contributed by atoms with Crippen LogP contribution in [0.3, 0.4) is 0 Å². The number of rotatable bonds is 8. The van der Waals surface area contributed by atoms with E-state index in [-0.39, 0.29) is 42.1 Å². The third-order valence-corrected chi connectivity index (χ3v) is 9.15. The maximum atomic E-state index is 15.6. The molecule has 3 aromatic rings. The minimum absolute atomic E-state index is 0.0822. The number of nitrogens with one attached hydrogen (secondary N) is 3. The molecule has 2 aliphatic rings. The van der Waals surface area contributed by atoms with Gasteiger partial charge in [0.2, 0.25) is 16.0 Å². The Hall–Kier alpha value is -3.97. The molecule has 9 nitrogen and oxygen atoms in total. The van der Waals surface area contributed by atoms with Crippen molar-refractivity contribution in [2.75, 3.05) is 17.8 Å². The van der Waals surface area contributed by atoms with E-state index in [2.05, 4.69) is 32.1 Å². The number of nitrogens with zero attached hydrogens (tertiary/aromatic N) is 3. The molecule has 234 valence electrons. The number of guanidine groups is 1. The van der Waals surface area contributed by atoms with Gasteiger partial charge in [0.25, 0.3) is 5.56 Å². The first-order valence-corrected chi connectivity index (χ1v) is 16.2. The van der Waals surface area contributed by atoms with Crippen LogP contribution in [-0.4, -0.2) is 51.0 Å². The highest BCUT2D eigenvalue weighted by molar-refractivity contribution is 7.91. The third kappa shape index (κ3) is 7.05.